The number of nitrogens with zero attached hydrogens (tertiary/aromatic N) is 3. The molecule has 1 aromatic carbocycles. The third-order valence-electron chi connectivity index (χ3n) is 4.65. The largest absolute Gasteiger partial charge is 0.504 e. The molecule has 0 aliphatic heterocycles. The summed E-state index contributed by atoms with van der Waals surface area (Å²) in [5.74, 6) is 0.397. The lowest BCUT2D eigenvalue weighted by Crippen LogP contribution is -2.18. The zero-order valence-corrected chi connectivity index (χ0v) is 15.6. The molecule has 0 saturated heterocycles. The van der Waals surface area contributed by atoms with E-state index in [0.29, 0.717) is 11.6 Å². The van der Waals surface area contributed by atoms with Crippen LogP contribution in [-0.2, 0) is 0 Å². The van der Waals surface area contributed by atoms with Gasteiger partial charge >= 0.3 is 0 Å². The summed E-state index contributed by atoms with van der Waals surface area (Å²) in [6, 6.07) is 8.67. The van der Waals surface area contributed by atoms with Crippen LogP contribution in [0.1, 0.15) is 37.7 Å². The minimum absolute atomic E-state index is 0.153. The number of rotatable bonds is 4. The Morgan fingerprint density at radius 1 is 1.11 bits per heavy atom. The van der Waals surface area contributed by atoms with Crippen molar-refractivity contribution in [2.24, 2.45) is 10.1 Å². The topological polar surface area (TPSA) is 83.2 Å². The van der Waals surface area contributed by atoms with E-state index in [1.165, 1.54) is 31.4 Å². The average molecular weight is 383 g/mol. The van der Waals surface area contributed by atoms with E-state index >= 15 is 0 Å². The van der Waals surface area contributed by atoms with Gasteiger partial charge in [0.25, 0.3) is 0 Å². The maximum Gasteiger partial charge on any atom is 0.206 e. The summed E-state index contributed by atoms with van der Waals surface area (Å²) in [5.41, 5.74) is 1.51. The molecular formula is C20H21N3O3S. The number of phenolic OH excluding ortho intramolecular Hbond substituents is 2. The Bertz CT molecular complexity index is 996. The van der Waals surface area contributed by atoms with Gasteiger partial charge in [0.2, 0.25) is 4.80 Å². The zero-order valence-electron chi connectivity index (χ0n) is 14.8. The van der Waals surface area contributed by atoms with Crippen molar-refractivity contribution < 1.29 is 14.6 Å². The number of aromatic hydroxyl groups is 2. The highest BCUT2D eigenvalue weighted by molar-refractivity contribution is 7.07. The molecule has 27 heavy (non-hydrogen) atoms. The van der Waals surface area contributed by atoms with Gasteiger partial charge in [-0.15, -0.1) is 11.3 Å². The van der Waals surface area contributed by atoms with Crippen LogP contribution in [0.3, 0.4) is 0 Å². The molecule has 0 spiro atoms. The van der Waals surface area contributed by atoms with Gasteiger partial charge in [-0.3, -0.25) is 4.99 Å². The summed E-state index contributed by atoms with van der Waals surface area (Å²) in [4.78, 5) is 5.76. The van der Waals surface area contributed by atoms with E-state index in [2.05, 4.69) is 5.10 Å². The van der Waals surface area contributed by atoms with Gasteiger partial charge in [-0.05, 0) is 48.7 Å². The smallest absolute Gasteiger partial charge is 0.206 e. The number of aromatic nitrogens is 1. The molecule has 1 aliphatic rings. The maximum absolute atomic E-state index is 9.68. The Balaban J connectivity index is 1.73. The zero-order chi connectivity index (χ0) is 18.6. The van der Waals surface area contributed by atoms with Crippen LogP contribution in [0.25, 0.3) is 11.5 Å². The molecule has 0 atom stereocenters. The summed E-state index contributed by atoms with van der Waals surface area (Å²) in [5, 5.41) is 25.7. The van der Waals surface area contributed by atoms with Crippen LogP contribution >= 0.6 is 11.3 Å². The Morgan fingerprint density at radius 3 is 2.70 bits per heavy atom. The van der Waals surface area contributed by atoms with Crippen molar-refractivity contribution in [3.05, 3.63) is 52.3 Å². The van der Waals surface area contributed by atoms with E-state index in [-0.39, 0.29) is 11.5 Å². The Morgan fingerprint density at radius 2 is 1.96 bits per heavy atom. The molecule has 0 unspecified atom stereocenters. The predicted molar refractivity (Wildman–Crippen MR) is 105 cm³/mol. The van der Waals surface area contributed by atoms with E-state index in [0.717, 1.165) is 29.1 Å². The Kier molecular flexibility index (Phi) is 5.11. The van der Waals surface area contributed by atoms with Crippen molar-refractivity contribution in [3.63, 3.8) is 0 Å². The van der Waals surface area contributed by atoms with E-state index in [1.54, 1.807) is 34.6 Å². The highest BCUT2D eigenvalue weighted by Gasteiger charge is 2.14. The van der Waals surface area contributed by atoms with E-state index in [4.69, 9.17) is 9.41 Å². The SMILES string of the molecule is Oc1ccc(C=Nn2c(-c3ccco3)csc2=NC2CCCCC2)cc1O. The van der Waals surface area contributed by atoms with Gasteiger partial charge in [0, 0.05) is 5.38 Å². The minimum atomic E-state index is -0.173. The molecule has 3 aromatic rings. The van der Waals surface area contributed by atoms with Crippen LogP contribution in [-0.4, -0.2) is 27.1 Å². The maximum atomic E-state index is 9.68. The normalized spacial score (nSPS) is 16.4. The highest BCUT2D eigenvalue weighted by atomic mass is 32.1. The molecule has 6 nitrogen and oxygen atoms in total. The summed E-state index contributed by atoms with van der Waals surface area (Å²) in [6.45, 7) is 0. The standard InChI is InChI=1S/C20H21N3O3S/c24-17-9-8-14(11-18(17)25)12-21-23-16(19-7-4-10-26-19)13-27-20(23)22-15-5-2-1-3-6-15/h4,7-13,15,24-25H,1-3,5-6H2. The number of thiazole rings is 1. The Hall–Kier alpha value is -2.80. The van der Waals surface area contributed by atoms with Crippen molar-refractivity contribution in [2.45, 2.75) is 38.1 Å². The van der Waals surface area contributed by atoms with Crippen molar-refractivity contribution in [1.29, 1.82) is 0 Å². The number of hydrogen-bond donors (Lipinski definition) is 2. The quantitative estimate of drug-likeness (QED) is 0.519. The van der Waals surface area contributed by atoms with Crippen molar-refractivity contribution in [2.75, 3.05) is 0 Å². The fraction of sp³-hybridized carbons (Fsp3) is 0.300. The molecule has 1 fully saturated rings. The first kappa shape index (κ1) is 17.6. The number of furan rings is 1. The van der Waals surface area contributed by atoms with Crippen molar-refractivity contribution >= 4 is 17.6 Å². The molecule has 2 aromatic heterocycles. The van der Waals surface area contributed by atoms with Crippen molar-refractivity contribution in [3.8, 4) is 23.0 Å². The summed E-state index contributed by atoms with van der Waals surface area (Å²) < 4.78 is 7.33. The second kappa shape index (κ2) is 7.84. The van der Waals surface area contributed by atoms with Gasteiger partial charge in [0.05, 0.1) is 18.5 Å². The molecule has 4 rings (SSSR count). The Labute approximate surface area is 160 Å². The monoisotopic (exact) mass is 383 g/mol. The second-order valence-corrected chi connectivity index (χ2v) is 7.44. The molecule has 0 bridgehead atoms. The molecule has 0 amide bonds. The molecule has 1 aliphatic carbocycles. The lowest BCUT2D eigenvalue weighted by atomic mass is 9.96. The molecule has 7 heteroatoms. The van der Waals surface area contributed by atoms with Crippen LogP contribution in [0.5, 0.6) is 11.5 Å². The van der Waals surface area contributed by atoms with Crippen LogP contribution < -0.4 is 4.80 Å². The molecular weight excluding hydrogens is 362 g/mol. The van der Waals surface area contributed by atoms with E-state index in [1.807, 2.05) is 17.5 Å². The van der Waals surface area contributed by atoms with Gasteiger partial charge < -0.3 is 14.6 Å². The fourth-order valence-electron chi connectivity index (χ4n) is 3.21. The average Bonchev–Trinajstić information content (AvgIpc) is 3.33. The number of phenols is 2. The minimum Gasteiger partial charge on any atom is -0.504 e. The van der Waals surface area contributed by atoms with Gasteiger partial charge in [-0.2, -0.15) is 5.10 Å². The van der Waals surface area contributed by atoms with Crippen LogP contribution in [0.2, 0.25) is 0 Å². The number of hydrogen-bond acceptors (Lipinski definition) is 6. The van der Waals surface area contributed by atoms with Crippen LogP contribution in [0, 0.1) is 0 Å². The van der Waals surface area contributed by atoms with E-state index < -0.39 is 0 Å². The molecule has 2 heterocycles. The van der Waals surface area contributed by atoms with Gasteiger partial charge in [0.1, 0.15) is 5.69 Å². The predicted octanol–water partition coefficient (Wildman–Crippen LogP) is 4.34. The highest BCUT2D eigenvalue weighted by Crippen LogP contribution is 2.25. The van der Waals surface area contributed by atoms with Gasteiger partial charge in [-0.1, -0.05) is 19.3 Å². The van der Waals surface area contributed by atoms with Crippen molar-refractivity contribution in [1.82, 2.24) is 4.68 Å². The molecule has 2 N–H and O–H groups in total. The third kappa shape index (κ3) is 3.98. The first-order valence-electron chi connectivity index (χ1n) is 9.05. The number of benzene rings is 1. The van der Waals surface area contributed by atoms with E-state index in [9.17, 15) is 10.2 Å². The summed E-state index contributed by atoms with van der Waals surface area (Å²) in [6.07, 6.45) is 9.24. The third-order valence-corrected chi connectivity index (χ3v) is 5.48. The first-order chi connectivity index (χ1) is 13.2. The molecule has 0 radical (unpaired) electrons. The van der Waals surface area contributed by atoms with Crippen LogP contribution in [0.4, 0.5) is 0 Å². The summed E-state index contributed by atoms with van der Waals surface area (Å²) in [7, 11) is 0. The van der Waals surface area contributed by atoms with Gasteiger partial charge in [0.15, 0.2) is 17.3 Å². The first-order valence-corrected chi connectivity index (χ1v) is 9.93. The summed E-state index contributed by atoms with van der Waals surface area (Å²) >= 11 is 1.54. The fourth-order valence-corrected chi connectivity index (χ4v) is 4.09. The van der Waals surface area contributed by atoms with Gasteiger partial charge in [-0.25, -0.2) is 4.68 Å². The molecule has 140 valence electrons. The second-order valence-electron chi connectivity index (χ2n) is 6.61. The molecule has 1 saturated carbocycles. The lowest BCUT2D eigenvalue weighted by Gasteiger charge is -2.16. The van der Waals surface area contributed by atoms with Crippen LogP contribution in [0.15, 0.2) is 56.5 Å². The lowest BCUT2D eigenvalue weighted by molar-refractivity contribution is 0.403.